The lowest BCUT2D eigenvalue weighted by Gasteiger charge is -2.18. The molecule has 0 atom stereocenters. The number of aryl methyl sites for hydroxylation is 1. The van der Waals surface area contributed by atoms with Gasteiger partial charge in [-0.25, -0.2) is 0 Å². The molecule has 3 aromatic rings. The molecule has 4 N–H and O–H groups in total. The number of rotatable bonds is 10. The Balaban J connectivity index is 0.000000550. The second-order valence-electron chi connectivity index (χ2n) is 10.0. The molecule has 0 saturated carbocycles. The van der Waals surface area contributed by atoms with Gasteiger partial charge >= 0.3 is 0 Å². The van der Waals surface area contributed by atoms with Crippen LogP contribution in [0.3, 0.4) is 0 Å². The molecule has 0 saturated heterocycles. The Kier molecular flexibility index (Phi) is 12.8. The lowest BCUT2D eigenvalue weighted by molar-refractivity contribution is -0.122. The molecular weight excluding hydrogens is 496 g/mol. The smallest absolute Gasteiger partial charge is 0.222 e. The van der Waals surface area contributed by atoms with Gasteiger partial charge in [-0.05, 0) is 68.1 Å². The van der Waals surface area contributed by atoms with E-state index in [2.05, 4.69) is 57.9 Å². The highest BCUT2D eigenvalue weighted by Gasteiger charge is 2.09. The fourth-order valence-electron chi connectivity index (χ4n) is 3.57. The van der Waals surface area contributed by atoms with Crippen LogP contribution in [0.5, 0.6) is 0 Å². The molecule has 3 amide bonds. The van der Waals surface area contributed by atoms with Crippen molar-refractivity contribution in [2.45, 2.75) is 64.4 Å². The number of nitrogens with one attached hydrogen (secondary N) is 4. The van der Waals surface area contributed by atoms with Crippen LogP contribution in [0.2, 0.25) is 0 Å². The third kappa shape index (κ3) is 12.7. The van der Waals surface area contributed by atoms with Crippen molar-refractivity contribution in [1.82, 2.24) is 20.7 Å². The third-order valence-corrected chi connectivity index (χ3v) is 6.10. The van der Waals surface area contributed by atoms with Crippen LogP contribution >= 0.6 is 11.9 Å². The van der Waals surface area contributed by atoms with Gasteiger partial charge in [0.15, 0.2) is 0 Å². The number of benzene rings is 3. The molecule has 0 radical (unpaired) electrons. The molecular formula is C30H40N4O3S. The summed E-state index contributed by atoms with van der Waals surface area (Å²) in [5.41, 5.74) is 2.23. The largest absolute Gasteiger partial charge is 0.356 e. The molecule has 0 heterocycles. The van der Waals surface area contributed by atoms with E-state index in [1.54, 1.807) is 0 Å². The molecule has 0 aliphatic heterocycles. The van der Waals surface area contributed by atoms with Gasteiger partial charge in [0.25, 0.3) is 0 Å². The molecule has 7 nitrogen and oxygen atoms in total. The molecule has 0 unspecified atom stereocenters. The van der Waals surface area contributed by atoms with Crippen LogP contribution in [0.15, 0.2) is 71.6 Å². The van der Waals surface area contributed by atoms with Crippen molar-refractivity contribution in [3.05, 3.63) is 77.9 Å². The highest BCUT2D eigenvalue weighted by atomic mass is 32.2. The van der Waals surface area contributed by atoms with Crippen molar-refractivity contribution >= 4 is 40.4 Å². The maximum Gasteiger partial charge on any atom is 0.222 e. The Morgan fingerprint density at radius 1 is 0.789 bits per heavy atom. The molecule has 3 aromatic carbocycles. The predicted octanol–water partition coefficient (Wildman–Crippen LogP) is 4.88. The second kappa shape index (κ2) is 15.8. The van der Waals surface area contributed by atoms with E-state index in [-0.39, 0.29) is 29.7 Å². The first kappa shape index (κ1) is 30.9. The summed E-state index contributed by atoms with van der Waals surface area (Å²) in [5.74, 6) is -0.109. The lowest BCUT2D eigenvalue weighted by atomic mass is 10.0. The Morgan fingerprint density at radius 3 is 2.08 bits per heavy atom. The SMILES string of the molecule is CC(=O)NC(C)(C)C.Cc1ccc(SNCCC(=O)NCCC(=O)NCc2cccc3ccccc23)cc1. The van der Waals surface area contributed by atoms with Gasteiger partial charge in [-0.2, -0.15) is 0 Å². The van der Waals surface area contributed by atoms with E-state index in [1.807, 2.05) is 57.2 Å². The summed E-state index contributed by atoms with van der Waals surface area (Å²) in [4.78, 5) is 35.5. The summed E-state index contributed by atoms with van der Waals surface area (Å²) in [5, 5.41) is 10.8. The van der Waals surface area contributed by atoms with Crippen LogP contribution < -0.4 is 20.7 Å². The van der Waals surface area contributed by atoms with E-state index in [9.17, 15) is 14.4 Å². The maximum absolute atomic E-state index is 12.1. The van der Waals surface area contributed by atoms with Crippen molar-refractivity contribution < 1.29 is 14.4 Å². The monoisotopic (exact) mass is 536 g/mol. The minimum absolute atomic E-state index is 0.0255. The average Bonchev–Trinajstić information content (AvgIpc) is 2.85. The number of amides is 3. The van der Waals surface area contributed by atoms with Crippen molar-refractivity contribution in [2.75, 3.05) is 13.1 Å². The number of hydrogen-bond acceptors (Lipinski definition) is 5. The summed E-state index contributed by atoms with van der Waals surface area (Å²) in [7, 11) is 0. The highest BCUT2D eigenvalue weighted by molar-refractivity contribution is 7.97. The van der Waals surface area contributed by atoms with Gasteiger partial charge in [0.2, 0.25) is 17.7 Å². The Bertz CT molecular complexity index is 1180. The van der Waals surface area contributed by atoms with Crippen LogP contribution in [0.4, 0.5) is 0 Å². The topological polar surface area (TPSA) is 99.3 Å². The molecule has 0 bridgehead atoms. The average molecular weight is 537 g/mol. The molecule has 38 heavy (non-hydrogen) atoms. The number of hydrogen-bond donors (Lipinski definition) is 4. The van der Waals surface area contributed by atoms with E-state index >= 15 is 0 Å². The third-order valence-electron chi connectivity index (χ3n) is 5.25. The predicted molar refractivity (Wildman–Crippen MR) is 157 cm³/mol. The molecule has 0 spiro atoms. The van der Waals surface area contributed by atoms with Gasteiger partial charge in [0.1, 0.15) is 0 Å². The molecule has 8 heteroatoms. The van der Waals surface area contributed by atoms with Crippen molar-refractivity contribution in [1.29, 1.82) is 0 Å². The van der Waals surface area contributed by atoms with Gasteiger partial charge in [-0.15, -0.1) is 0 Å². The standard InChI is InChI=1S/C24H27N3O2S.C6H13NO/c1-18-9-11-21(12-10-18)30-27-16-14-23(28)25-15-13-24(29)26-17-20-7-4-6-19-5-2-3-8-22(19)20;1-5(8)7-6(2,3)4/h2-12,27H,13-17H2,1H3,(H,25,28)(H,26,29);1-4H3,(H,7,8). The normalized spacial score (nSPS) is 10.8. The summed E-state index contributed by atoms with van der Waals surface area (Å²) in [6, 6.07) is 22.4. The molecule has 0 aliphatic rings. The first-order valence-corrected chi connectivity index (χ1v) is 13.6. The Hall–Kier alpha value is -3.36. The molecule has 3 rings (SSSR count). The van der Waals surface area contributed by atoms with Gasteiger partial charge < -0.3 is 16.0 Å². The Labute approximate surface area is 230 Å². The van der Waals surface area contributed by atoms with Crippen molar-refractivity contribution in [3.8, 4) is 0 Å². The van der Waals surface area contributed by atoms with E-state index in [1.165, 1.54) is 24.4 Å². The molecule has 0 aliphatic carbocycles. The first-order valence-electron chi connectivity index (χ1n) is 12.8. The van der Waals surface area contributed by atoms with Crippen LogP contribution in [0.1, 0.15) is 51.7 Å². The zero-order chi connectivity index (χ0) is 28.0. The molecule has 204 valence electrons. The number of carbonyl (C=O) groups excluding carboxylic acids is 3. The highest BCUT2D eigenvalue weighted by Crippen LogP contribution is 2.18. The fourth-order valence-corrected chi connectivity index (χ4v) is 4.21. The van der Waals surface area contributed by atoms with Crippen LogP contribution in [0, 0.1) is 6.92 Å². The van der Waals surface area contributed by atoms with E-state index in [0.29, 0.717) is 26.1 Å². The zero-order valence-electron chi connectivity index (χ0n) is 23.0. The minimum Gasteiger partial charge on any atom is -0.356 e. The van der Waals surface area contributed by atoms with Gasteiger partial charge in [-0.1, -0.05) is 60.2 Å². The molecule has 0 aromatic heterocycles. The van der Waals surface area contributed by atoms with Crippen molar-refractivity contribution in [2.24, 2.45) is 0 Å². The van der Waals surface area contributed by atoms with Crippen molar-refractivity contribution in [3.63, 3.8) is 0 Å². The summed E-state index contributed by atoms with van der Waals surface area (Å²) < 4.78 is 3.18. The Morgan fingerprint density at radius 2 is 1.42 bits per heavy atom. The lowest BCUT2D eigenvalue weighted by Crippen LogP contribution is -2.38. The van der Waals surface area contributed by atoms with Gasteiger partial charge in [0, 0.05) is 49.8 Å². The number of fused-ring (bicyclic) bond motifs is 1. The summed E-state index contributed by atoms with van der Waals surface area (Å²) >= 11 is 1.51. The minimum atomic E-state index is -0.0775. The van der Waals surface area contributed by atoms with Gasteiger partial charge in [0.05, 0.1) is 0 Å². The first-order chi connectivity index (χ1) is 18.0. The van der Waals surface area contributed by atoms with Crippen LogP contribution in [-0.4, -0.2) is 36.3 Å². The molecule has 0 fully saturated rings. The van der Waals surface area contributed by atoms with E-state index in [4.69, 9.17) is 0 Å². The maximum atomic E-state index is 12.1. The summed E-state index contributed by atoms with van der Waals surface area (Å²) in [6.07, 6.45) is 0.637. The second-order valence-corrected chi connectivity index (χ2v) is 11.0. The summed E-state index contributed by atoms with van der Waals surface area (Å²) in [6.45, 7) is 10.8. The van der Waals surface area contributed by atoms with Crippen LogP contribution in [0.25, 0.3) is 10.8 Å². The quantitative estimate of drug-likeness (QED) is 0.219. The number of carbonyl (C=O) groups is 3. The van der Waals surface area contributed by atoms with Crippen LogP contribution in [-0.2, 0) is 20.9 Å². The zero-order valence-corrected chi connectivity index (χ0v) is 23.8. The van der Waals surface area contributed by atoms with E-state index < -0.39 is 0 Å². The fraction of sp³-hybridized carbons (Fsp3) is 0.367. The van der Waals surface area contributed by atoms with Gasteiger partial charge in [-0.3, -0.25) is 19.1 Å². The van der Waals surface area contributed by atoms with E-state index in [0.717, 1.165) is 21.2 Å².